The predicted octanol–water partition coefficient (Wildman–Crippen LogP) is 14.3. The highest BCUT2D eigenvalue weighted by molar-refractivity contribution is 7.25. The lowest BCUT2D eigenvalue weighted by Crippen LogP contribution is -1.99. The first-order chi connectivity index (χ1) is 26.2. The number of hydrogen-bond donors (Lipinski definition) is 0. The molecule has 4 heteroatoms. The van der Waals surface area contributed by atoms with Crippen molar-refractivity contribution in [3.63, 3.8) is 0 Å². The number of thiophene rings is 2. The Hall–Kier alpha value is -5.94. The Bertz CT molecular complexity index is 3320. The van der Waals surface area contributed by atoms with Crippen LogP contribution in [0.5, 0.6) is 0 Å². The van der Waals surface area contributed by atoms with Crippen LogP contribution < -0.4 is 0 Å². The molecule has 1 aliphatic rings. The third-order valence-corrected chi connectivity index (χ3v) is 13.7. The van der Waals surface area contributed by atoms with E-state index in [-0.39, 0.29) is 0 Å². The van der Waals surface area contributed by atoms with Gasteiger partial charge in [0.2, 0.25) is 0 Å². The van der Waals surface area contributed by atoms with Gasteiger partial charge in [0.05, 0.1) is 22.1 Å². The molecule has 4 heterocycles. The van der Waals surface area contributed by atoms with Gasteiger partial charge in [0.1, 0.15) is 0 Å². The van der Waals surface area contributed by atoms with Crippen LogP contribution in [0.2, 0.25) is 0 Å². The largest absolute Gasteiger partial charge is 0.309 e. The first-order valence-electron chi connectivity index (χ1n) is 18.4. The van der Waals surface area contributed by atoms with Crippen molar-refractivity contribution >= 4 is 103 Å². The summed E-state index contributed by atoms with van der Waals surface area (Å²) >= 11 is 3.85. The third-order valence-electron chi connectivity index (χ3n) is 11.4. The van der Waals surface area contributed by atoms with Gasteiger partial charge < -0.3 is 9.13 Å². The van der Waals surface area contributed by atoms with E-state index >= 15 is 0 Å². The summed E-state index contributed by atoms with van der Waals surface area (Å²) in [5.41, 5.74) is 11.2. The molecule has 1 atom stereocenters. The summed E-state index contributed by atoms with van der Waals surface area (Å²) in [5.74, 6) is 0.584. The number of fused-ring (bicyclic) bond motifs is 12. The van der Waals surface area contributed by atoms with E-state index in [1.807, 2.05) is 22.7 Å². The molecule has 2 nitrogen and oxygen atoms in total. The molecule has 11 aromatic rings. The molecule has 12 rings (SSSR count). The molecule has 0 saturated heterocycles. The Morgan fingerprint density at radius 1 is 0.453 bits per heavy atom. The SMILES string of the molecule is CC1C=Cc2c(sc3cc4c(cc23)c2cc(-c3ccc5c(c3)c3cc6c(cc3n5-c3ccccc3)sc3ccccc36)ccc2n4-c2ccccc2)C1. The van der Waals surface area contributed by atoms with Crippen LogP contribution in [0.25, 0.3) is 102 Å². The van der Waals surface area contributed by atoms with Crippen LogP contribution in [-0.2, 0) is 6.42 Å². The molecule has 0 bridgehead atoms. The number of allylic oxidation sites excluding steroid dienone is 1. The monoisotopic (exact) mass is 712 g/mol. The molecule has 0 amide bonds. The fourth-order valence-corrected chi connectivity index (χ4v) is 11.4. The van der Waals surface area contributed by atoms with Gasteiger partial charge in [0, 0.05) is 68.1 Å². The molecule has 0 aliphatic heterocycles. The summed E-state index contributed by atoms with van der Waals surface area (Å²) in [4.78, 5) is 1.51. The minimum atomic E-state index is 0.584. The Morgan fingerprint density at radius 2 is 1.00 bits per heavy atom. The fraction of sp³-hybridized carbons (Fsp3) is 0.0612. The number of nitrogens with zero attached hydrogens (tertiary/aromatic N) is 2. The molecule has 0 N–H and O–H groups in total. The zero-order chi connectivity index (χ0) is 34.8. The zero-order valence-corrected chi connectivity index (χ0v) is 30.6. The molecule has 0 radical (unpaired) electrons. The van der Waals surface area contributed by atoms with E-state index in [2.05, 4.69) is 174 Å². The fourth-order valence-electron chi connectivity index (χ4n) is 8.94. The molecule has 0 fully saturated rings. The van der Waals surface area contributed by atoms with Crippen molar-refractivity contribution in [2.24, 2.45) is 5.92 Å². The average molecular weight is 713 g/mol. The normalized spacial score (nSPS) is 14.5. The van der Waals surface area contributed by atoms with E-state index in [0.717, 1.165) is 6.42 Å². The van der Waals surface area contributed by atoms with Crippen molar-refractivity contribution in [1.82, 2.24) is 9.13 Å². The van der Waals surface area contributed by atoms with E-state index < -0.39 is 0 Å². The van der Waals surface area contributed by atoms with Crippen LogP contribution >= 0.6 is 22.7 Å². The number of rotatable bonds is 3. The van der Waals surface area contributed by atoms with Gasteiger partial charge in [-0.25, -0.2) is 0 Å². The maximum absolute atomic E-state index is 2.47. The molecule has 250 valence electrons. The maximum Gasteiger partial charge on any atom is 0.0555 e. The number of aromatic nitrogens is 2. The Morgan fingerprint density at radius 3 is 1.64 bits per heavy atom. The molecular weight excluding hydrogens is 681 g/mol. The van der Waals surface area contributed by atoms with E-state index in [4.69, 9.17) is 0 Å². The standard InChI is InChI=1S/C49H32N2S2/c1-29-16-19-35-41-26-39-37-24-31(18-21-43(37)51(33-12-6-3-7-13-33)45(39)28-49(41)53-47(35)22-29)30-17-20-42-36(23-30)38-25-40-34-14-8-9-15-46(34)52-48(40)27-44(38)50(42)32-10-4-2-5-11-32/h2-21,23-29H,22H2,1H3. The predicted molar refractivity (Wildman–Crippen MR) is 231 cm³/mol. The first kappa shape index (κ1) is 29.6. The van der Waals surface area contributed by atoms with Crippen molar-refractivity contribution < 1.29 is 0 Å². The van der Waals surface area contributed by atoms with Crippen LogP contribution in [0.4, 0.5) is 0 Å². The minimum Gasteiger partial charge on any atom is -0.309 e. The second kappa shape index (κ2) is 11.0. The Balaban J connectivity index is 1.12. The second-order valence-corrected chi connectivity index (χ2v) is 16.8. The number of benzene rings is 7. The van der Waals surface area contributed by atoms with Crippen LogP contribution in [0.15, 0.2) is 152 Å². The smallest absolute Gasteiger partial charge is 0.0555 e. The molecular formula is C49H32N2S2. The van der Waals surface area contributed by atoms with E-state index in [0.29, 0.717) is 5.92 Å². The molecule has 0 spiro atoms. The zero-order valence-electron chi connectivity index (χ0n) is 29.0. The van der Waals surface area contributed by atoms with Gasteiger partial charge in [-0.1, -0.05) is 85.8 Å². The van der Waals surface area contributed by atoms with Gasteiger partial charge in [0.25, 0.3) is 0 Å². The first-order valence-corrected chi connectivity index (χ1v) is 20.0. The van der Waals surface area contributed by atoms with Crippen molar-refractivity contribution in [1.29, 1.82) is 0 Å². The summed E-state index contributed by atoms with van der Waals surface area (Å²) < 4.78 is 8.93. The van der Waals surface area contributed by atoms with Crippen LogP contribution in [-0.4, -0.2) is 9.13 Å². The highest BCUT2D eigenvalue weighted by atomic mass is 32.1. The van der Waals surface area contributed by atoms with Crippen molar-refractivity contribution in [3.8, 4) is 22.5 Å². The lowest BCUT2D eigenvalue weighted by Gasteiger charge is -2.11. The molecule has 0 saturated carbocycles. The van der Waals surface area contributed by atoms with Gasteiger partial charge in [-0.05, 0) is 108 Å². The third kappa shape index (κ3) is 4.31. The molecule has 4 aromatic heterocycles. The van der Waals surface area contributed by atoms with Gasteiger partial charge in [-0.15, -0.1) is 22.7 Å². The summed E-state index contributed by atoms with van der Waals surface area (Å²) in [7, 11) is 0. The van der Waals surface area contributed by atoms with E-state index in [1.165, 1.54) is 107 Å². The molecule has 53 heavy (non-hydrogen) atoms. The summed E-state index contributed by atoms with van der Waals surface area (Å²) in [5, 5.41) is 9.19. The van der Waals surface area contributed by atoms with Gasteiger partial charge in [0.15, 0.2) is 0 Å². The lowest BCUT2D eigenvalue weighted by atomic mass is 9.95. The van der Waals surface area contributed by atoms with Gasteiger partial charge >= 0.3 is 0 Å². The average Bonchev–Trinajstić information content (AvgIpc) is 3.93. The molecule has 1 aliphatic carbocycles. The van der Waals surface area contributed by atoms with E-state index in [1.54, 1.807) is 0 Å². The topological polar surface area (TPSA) is 9.86 Å². The molecule has 1 unspecified atom stereocenters. The highest BCUT2D eigenvalue weighted by Crippen LogP contribution is 2.45. The van der Waals surface area contributed by atoms with Crippen molar-refractivity contribution in [2.75, 3.05) is 0 Å². The van der Waals surface area contributed by atoms with Crippen LogP contribution in [0.1, 0.15) is 17.4 Å². The van der Waals surface area contributed by atoms with Gasteiger partial charge in [-0.3, -0.25) is 0 Å². The summed E-state index contributed by atoms with van der Waals surface area (Å²) in [6, 6.07) is 54.4. The van der Waals surface area contributed by atoms with Crippen LogP contribution in [0.3, 0.4) is 0 Å². The second-order valence-electron chi connectivity index (χ2n) is 14.6. The maximum atomic E-state index is 2.47. The van der Waals surface area contributed by atoms with Crippen molar-refractivity contribution in [3.05, 3.63) is 162 Å². The van der Waals surface area contributed by atoms with E-state index in [9.17, 15) is 0 Å². The van der Waals surface area contributed by atoms with Gasteiger partial charge in [-0.2, -0.15) is 0 Å². The van der Waals surface area contributed by atoms with Crippen LogP contribution in [0, 0.1) is 5.92 Å². The Labute approximate surface area is 314 Å². The minimum absolute atomic E-state index is 0.584. The van der Waals surface area contributed by atoms with Crippen molar-refractivity contribution in [2.45, 2.75) is 13.3 Å². The summed E-state index contributed by atoms with van der Waals surface area (Å²) in [6.07, 6.45) is 5.86. The summed E-state index contributed by atoms with van der Waals surface area (Å²) in [6.45, 7) is 2.32. The Kier molecular flexibility index (Phi) is 6.17. The highest BCUT2D eigenvalue weighted by Gasteiger charge is 2.21. The quantitative estimate of drug-likeness (QED) is 0.173. The number of para-hydroxylation sites is 2. The molecule has 7 aromatic carbocycles. The lowest BCUT2D eigenvalue weighted by molar-refractivity contribution is 0.728. The number of hydrogen-bond acceptors (Lipinski definition) is 2.